The Bertz CT molecular complexity index is 2800. The number of carbonyl (C=O) groups excluding carboxylic acids is 3. The topological polar surface area (TPSA) is 730 Å². The van der Waals surface area contributed by atoms with Crippen LogP contribution in [0.15, 0.2) is 0 Å². The summed E-state index contributed by atoms with van der Waals surface area (Å²) < 4.78 is 99.4. The van der Waals surface area contributed by atoms with E-state index >= 15 is 0 Å². The molecule has 0 aliphatic carbocycles. The maximum atomic E-state index is 13.0. The first-order valence-electron chi connectivity index (χ1n) is 34.4. The van der Waals surface area contributed by atoms with Gasteiger partial charge in [0.05, 0.1) is 58.5 Å². The molecule has 0 bridgehead atoms. The fourth-order valence-corrected chi connectivity index (χ4v) is 13.9. The molecule has 0 aromatic rings. The van der Waals surface area contributed by atoms with Gasteiger partial charge in [0.1, 0.15) is 207 Å². The van der Waals surface area contributed by atoms with Crippen molar-refractivity contribution in [2.24, 2.45) is 0 Å². The highest BCUT2D eigenvalue weighted by Gasteiger charge is 2.60. The van der Waals surface area contributed by atoms with Gasteiger partial charge in [-0.1, -0.05) is 0 Å². The van der Waals surface area contributed by atoms with Gasteiger partial charge in [-0.2, -0.15) is 0 Å². The summed E-state index contributed by atoms with van der Waals surface area (Å²) in [5.74, 6) is -2.69. The zero-order valence-corrected chi connectivity index (χ0v) is 57.8. The average molecular weight is 1570 g/mol. The Morgan fingerprint density at radius 1 is 0.262 bits per heavy atom. The van der Waals surface area contributed by atoms with Crippen LogP contribution in [0.25, 0.3) is 0 Å². The predicted molar refractivity (Wildman–Crippen MR) is 329 cm³/mol. The molecule has 0 radical (unpaired) electrons. The van der Waals surface area contributed by atoms with Gasteiger partial charge >= 0.3 is 0 Å². The fourth-order valence-electron chi connectivity index (χ4n) is 13.9. The summed E-state index contributed by atoms with van der Waals surface area (Å²) >= 11 is 0. The maximum Gasteiger partial charge on any atom is 0.217 e. The van der Waals surface area contributed by atoms with Crippen LogP contribution in [-0.4, -0.2) is 463 Å². The largest absolute Gasteiger partial charge is 0.394 e. The summed E-state index contributed by atoms with van der Waals surface area (Å²) in [6.45, 7) is -1.59. The molecule has 9 heterocycles. The van der Waals surface area contributed by atoms with Gasteiger partial charge in [0.25, 0.3) is 0 Å². The highest BCUT2D eigenvalue weighted by Crippen LogP contribution is 2.40. The van der Waals surface area contributed by atoms with E-state index in [2.05, 4.69) is 16.0 Å². The first-order chi connectivity index (χ1) is 50.5. The SMILES string of the molecule is CC(=O)N[C@@H]1[C@@H](O[C@@H]2O[C@H](CO)[C@@H](O[C@@H]3O[C@H](CO)[C@H](O)[C@H](O)[C@H]3O[C@@H]3O[C@@H](C)[C@@H](O)[C@@H](O[C@H]4O[C@H](CO)[C@H](O)[C@H](O)[C@H]4O)[C@@H]3O)[C@H](O)[C@H]2NC(C)=O)[C@@H](O)[C@@H](CO[C@@H]2O[C@H](CO)[C@@H](O[C@@H]3O[C@H](CO)[C@H](O)[C@H](O)[C@H]3O[C@@H]3O[C@@H](C)[C@@H](O)[C@@H](O[C@H]4O[C@H](CO)[C@H](O)[C@H](O)[C@H]4O)[C@@H]3O)[C@H](O)[C@H]2NC(C)=O)O[C@H]1O. The van der Waals surface area contributed by atoms with Crippen LogP contribution in [0.3, 0.4) is 0 Å². The summed E-state index contributed by atoms with van der Waals surface area (Å²) in [7, 11) is 0. The molecule has 9 rings (SSSR count). The standard InChI is InChI=1S/C60H101N3O44/c1-13-28(73)48(104-55-41(86)37(82)30(75)18(6-64)95-55)43(88)57(92-13)106-50-39(84)32(77)20(8-66)97-59(50)101-45-22(10-68)99-53(25(35(45)80)61-15(3)70)91-12-24-34(79)47(27(52(90)94-24)63-17(5)72)103-54-26(62-16(4)71)36(81)46(23(11-69)100-54)102-60-51(40(85)33(78)21(9-67)98-60)107-58-44(89)49(29(74)14(2)93-58)105-56-42(87)38(83)31(76)19(7-65)96-56/h13-14,18-60,64-69,73-90H,6-12H2,1-5H3,(H,61,70)(H,62,71)(H,63,72)/t13-,14-,18+,19+,20+,21+,22+,23+,24+,25+,26+,27+,28+,29+,30-,31-,32-,33-,34-,35+,36+,37-,38-,39-,40-,41+,42+,43-,44-,45+,46+,47+,48+,49+,50+,51+,52+,53+,54-,55+,56+,57-,58-,59-,60-/m0/s1. The molecule has 107 heavy (non-hydrogen) atoms. The fraction of sp³-hybridized carbons (Fsp3) is 0.950. The molecule has 9 saturated heterocycles. The molecule has 9 fully saturated rings. The molecular weight excluding hydrogens is 1470 g/mol. The molecule has 3 amide bonds. The lowest BCUT2D eigenvalue weighted by Gasteiger charge is -2.51. The summed E-state index contributed by atoms with van der Waals surface area (Å²) in [4.78, 5) is 38.7. The quantitative estimate of drug-likeness (QED) is 0.0382. The summed E-state index contributed by atoms with van der Waals surface area (Å²) in [5.41, 5.74) is 0. The Balaban J connectivity index is 0.908. The number of nitrogens with one attached hydrogen (secondary N) is 3. The first kappa shape index (κ1) is 87.7. The third-order valence-electron chi connectivity index (χ3n) is 19.9. The molecule has 0 aromatic carbocycles. The van der Waals surface area contributed by atoms with Crippen LogP contribution in [0.5, 0.6) is 0 Å². The third kappa shape index (κ3) is 19.1. The third-order valence-corrected chi connectivity index (χ3v) is 19.9. The van der Waals surface area contributed by atoms with Crippen LogP contribution in [0.1, 0.15) is 34.6 Å². The minimum Gasteiger partial charge on any atom is -0.394 e. The van der Waals surface area contributed by atoms with Crippen LogP contribution in [0.4, 0.5) is 0 Å². The molecule has 9 aliphatic heterocycles. The van der Waals surface area contributed by atoms with E-state index in [9.17, 15) is 137 Å². The summed E-state index contributed by atoms with van der Waals surface area (Å²) in [6, 6.07) is -5.53. The van der Waals surface area contributed by atoms with Crippen LogP contribution < -0.4 is 16.0 Å². The second-order valence-electron chi connectivity index (χ2n) is 27.4. The number of amides is 3. The average Bonchev–Trinajstić information content (AvgIpc) is 0.775. The molecule has 27 N–H and O–H groups in total. The minimum absolute atomic E-state index is 0.879. The Hall–Kier alpha value is -3.23. The maximum absolute atomic E-state index is 13.0. The molecule has 47 nitrogen and oxygen atoms in total. The van der Waals surface area contributed by atoms with Crippen molar-refractivity contribution in [2.75, 3.05) is 46.2 Å². The summed E-state index contributed by atoms with van der Waals surface area (Å²) in [5, 5.41) is 271. The van der Waals surface area contributed by atoms with E-state index in [1.807, 2.05) is 0 Å². The monoisotopic (exact) mass is 1570 g/mol. The van der Waals surface area contributed by atoms with Crippen molar-refractivity contribution in [2.45, 2.75) is 311 Å². The molecule has 0 spiro atoms. The van der Waals surface area contributed by atoms with E-state index < -0.39 is 340 Å². The van der Waals surface area contributed by atoms with E-state index in [0.717, 1.165) is 20.8 Å². The van der Waals surface area contributed by atoms with Crippen molar-refractivity contribution >= 4 is 17.7 Å². The Labute approximate surface area is 606 Å². The Kier molecular flexibility index (Phi) is 31.0. The zero-order valence-electron chi connectivity index (χ0n) is 57.8. The predicted octanol–water partition coefficient (Wildman–Crippen LogP) is -18.1. The number of aliphatic hydroxyl groups is 24. The van der Waals surface area contributed by atoms with E-state index in [4.69, 9.17) is 80.5 Å². The second kappa shape index (κ2) is 37.8. The van der Waals surface area contributed by atoms with Crippen molar-refractivity contribution < 1.29 is 217 Å². The van der Waals surface area contributed by atoms with Crippen LogP contribution in [0, 0.1) is 0 Å². The van der Waals surface area contributed by atoms with Gasteiger partial charge in [-0.15, -0.1) is 0 Å². The Morgan fingerprint density at radius 3 is 0.935 bits per heavy atom. The van der Waals surface area contributed by atoms with Crippen LogP contribution >= 0.6 is 0 Å². The van der Waals surface area contributed by atoms with Crippen LogP contribution in [-0.2, 0) is 94.9 Å². The molecular formula is C60H101N3O44. The number of rotatable bonds is 26. The number of carbonyl (C=O) groups is 3. The van der Waals surface area contributed by atoms with Crippen molar-refractivity contribution in [1.29, 1.82) is 0 Å². The lowest BCUT2D eigenvalue weighted by Crippen LogP contribution is -2.71. The lowest BCUT2D eigenvalue weighted by molar-refractivity contribution is -0.395. The molecule has 620 valence electrons. The van der Waals surface area contributed by atoms with E-state index in [1.54, 1.807) is 0 Å². The summed E-state index contributed by atoms with van der Waals surface area (Å²) in [6.07, 6.45) is -81.3. The van der Waals surface area contributed by atoms with Crippen molar-refractivity contribution in [1.82, 2.24) is 16.0 Å². The van der Waals surface area contributed by atoms with Crippen LogP contribution in [0.2, 0.25) is 0 Å². The van der Waals surface area contributed by atoms with Crippen molar-refractivity contribution in [3.8, 4) is 0 Å². The zero-order chi connectivity index (χ0) is 78.8. The van der Waals surface area contributed by atoms with Gasteiger partial charge in [0.2, 0.25) is 17.7 Å². The number of ether oxygens (including phenoxy) is 17. The van der Waals surface area contributed by atoms with Gasteiger partial charge in [-0.3, -0.25) is 14.4 Å². The normalized spacial score (nSPS) is 50.7. The van der Waals surface area contributed by atoms with E-state index in [-0.39, 0.29) is 0 Å². The van der Waals surface area contributed by atoms with Crippen molar-refractivity contribution in [3.05, 3.63) is 0 Å². The molecule has 47 heteroatoms. The highest BCUT2D eigenvalue weighted by atomic mass is 16.8. The second-order valence-corrected chi connectivity index (χ2v) is 27.4. The molecule has 0 aromatic heterocycles. The molecule has 0 saturated carbocycles. The molecule has 45 atom stereocenters. The minimum atomic E-state index is -2.20. The first-order valence-corrected chi connectivity index (χ1v) is 34.4. The lowest BCUT2D eigenvalue weighted by atomic mass is 9.93. The van der Waals surface area contributed by atoms with E-state index in [1.165, 1.54) is 13.8 Å². The molecule has 9 aliphatic rings. The van der Waals surface area contributed by atoms with E-state index in [0.29, 0.717) is 0 Å². The highest BCUT2D eigenvalue weighted by molar-refractivity contribution is 5.74. The van der Waals surface area contributed by atoms with Gasteiger partial charge < -0.3 is 219 Å². The smallest absolute Gasteiger partial charge is 0.217 e. The van der Waals surface area contributed by atoms with Gasteiger partial charge in [0, 0.05) is 20.8 Å². The number of hydrogen-bond acceptors (Lipinski definition) is 44. The molecule has 0 unspecified atom stereocenters. The van der Waals surface area contributed by atoms with Crippen molar-refractivity contribution in [3.63, 3.8) is 0 Å². The number of hydrogen-bond donors (Lipinski definition) is 27. The Morgan fingerprint density at radius 2 is 0.561 bits per heavy atom. The number of aliphatic hydroxyl groups excluding tert-OH is 24. The van der Waals surface area contributed by atoms with Gasteiger partial charge in [-0.25, -0.2) is 0 Å². The van der Waals surface area contributed by atoms with Gasteiger partial charge in [-0.05, 0) is 13.8 Å². The van der Waals surface area contributed by atoms with Gasteiger partial charge in [0.15, 0.2) is 56.6 Å².